The van der Waals surface area contributed by atoms with Crippen molar-refractivity contribution < 1.29 is 17.9 Å². The van der Waals surface area contributed by atoms with E-state index in [1.165, 1.54) is 22.6 Å². The fourth-order valence-corrected chi connectivity index (χ4v) is 5.76. The molecule has 0 bridgehead atoms. The summed E-state index contributed by atoms with van der Waals surface area (Å²) in [7, 11) is -3.88. The molecular weight excluding hydrogens is 476 g/mol. The zero-order chi connectivity index (χ0) is 25.3. The van der Waals surface area contributed by atoms with Crippen LogP contribution in [0.2, 0.25) is 0 Å². The highest BCUT2D eigenvalue weighted by atomic mass is 32.3. The lowest BCUT2D eigenvalue weighted by Gasteiger charge is -2.50. The van der Waals surface area contributed by atoms with E-state index in [2.05, 4.69) is 26.3 Å². The van der Waals surface area contributed by atoms with Gasteiger partial charge in [0.15, 0.2) is 0 Å². The molecule has 1 aliphatic heterocycles. The summed E-state index contributed by atoms with van der Waals surface area (Å²) in [5.41, 5.74) is 7.39. The summed E-state index contributed by atoms with van der Waals surface area (Å²) in [5, 5.41) is 12.8. The molecule has 12 heteroatoms. The van der Waals surface area contributed by atoms with Gasteiger partial charge in [-0.05, 0) is 37.1 Å². The Balaban J connectivity index is 1.85. The van der Waals surface area contributed by atoms with Gasteiger partial charge in [-0.15, -0.1) is 0 Å². The second-order valence-electron chi connectivity index (χ2n) is 7.90. The molecule has 1 aliphatic rings. The largest absolute Gasteiger partial charge is 0.368 e. The van der Waals surface area contributed by atoms with Crippen LogP contribution >= 0.6 is 10.8 Å². The van der Waals surface area contributed by atoms with E-state index in [1.54, 1.807) is 19.1 Å². The third kappa shape index (κ3) is 4.61. The Kier molecular flexibility index (Phi) is 6.58. The van der Waals surface area contributed by atoms with E-state index < -0.39 is 28.5 Å². The van der Waals surface area contributed by atoms with Gasteiger partial charge in [-0.1, -0.05) is 29.8 Å². The Morgan fingerprint density at radius 2 is 2.03 bits per heavy atom. The van der Waals surface area contributed by atoms with Crippen molar-refractivity contribution in [2.24, 2.45) is 0 Å². The SMILES string of the molecule is CC[C@H](Nc1nc(N)nc(C)c1C#N)C1=Cc2cccc(F)c2S(O)(O)N1Cc1cncc(F)c1. The number of aromatic nitrogens is 3. The van der Waals surface area contributed by atoms with Crippen LogP contribution < -0.4 is 11.1 Å². The molecule has 0 fully saturated rings. The maximum atomic E-state index is 14.8. The molecule has 3 heterocycles. The Morgan fingerprint density at radius 1 is 1.26 bits per heavy atom. The summed E-state index contributed by atoms with van der Waals surface area (Å²) in [6.07, 6.45) is 4.47. The van der Waals surface area contributed by atoms with Crippen LogP contribution in [-0.2, 0) is 6.54 Å². The minimum Gasteiger partial charge on any atom is -0.368 e. The second-order valence-corrected chi connectivity index (χ2v) is 9.79. The average Bonchev–Trinajstić information content (AvgIpc) is 2.79. The highest BCUT2D eigenvalue weighted by molar-refractivity contribution is 8.22. The van der Waals surface area contributed by atoms with Crippen molar-refractivity contribution in [3.63, 3.8) is 0 Å². The van der Waals surface area contributed by atoms with Gasteiger partial charge >= 0.3 is 0 Å². The van der Waals surface area contributed by atoms with E-state index >= 15 is 0 Å². The van der Waals surface area contributed by atoms with Crippen molar-refractivity contribution in [1.82, 2.24) is 19.3 Å². The molecule has 1 aromatic carbocycles. The molecule has 0 unspecified atom stereocenters. The van der Waals surface area contributed by atoms with Gasteiger partial charge < -0.3 is 11.1 Å². The van der Waals surface area contributed by atoms with E-state index in [0.717, 1.165) is 12.3 Å². The van der Waals surface area contributed by atoms with Crippen LogP contribution in [0.25, 0.3) is 6.08 Å². The molecule has 4 rings (SSSR count). The second kappa shape index (κ2) is 9.46. The summed E-state index contributed by atoms with van der Waals surface area (Å²) < 4.78 is 52.5. The standard InChI is InChI=1S/C23H23F2N7O2S/c1-3-19(30-22-17(9-26)13(2)29-23(27)31-22)20-8-15-5-4-6-18(25)21(15)35(33,34)32(20)12-14-7-16(24)11-28-10-14/h4-8,10-11,19,33-34H,3,12H2,1-2H3,(H3,27,29,30,31)/t19-/m0/s1. The van der Waals surface area contributed by atoms with Crippen LogP contribution in [0, 0.1) is 29.9 Å². The first kappa shape index (κ1) is 24.3. The monoisotopic (exact) mass is 499 g/mol. The maximum Gasteiger partial charge on any atom is 0.222 e. The van der Waals surface area contributed by atoms with Crippen molar-refractivity contribution in [3.05, 3.63) is 76.4 Å². The normalized spacial score (nSPS) is 16.0. The van der Waals surface area contributed by atoms with Crippen molar-refractivity contribution in [3.8, 4) is 6.07 Å². The van der Waals surface area contributed by atoms with Gasteiger partial charge in [0.05, 0.1) is 30.2 Å². The fourth-order valence-electron chi connectivity index (χ4n) is 3.96. The first-order chi connectivity index (χ1) is 16.6. The van der Waals surface area contributed by atoms with Crippen LogP contribution in [0.3, 0.4) is 0 Å². The molecule has 35 heavy (non-hydrogen) atoms. The van der Waals surface area contributed by atoms with Crippen LogP contribution in [-0.4, -0.2) is 34.4 Å². The number of halogens is 2. The predicted octanol–water partition coefficient (Wildman–Crippen LogP) is 4.68. The minimum absolute atomic E-state index is 0.0316. The van der Waals surface area contributed by atoms with Gasteiger partial charge in [0.25, 0.3) is 0 Å². The summed E-state index contributed by atoms with van der Waals surface area (Å²) in [4.78, 5) is 11.7. The summed E-state index contributed by atoms with van der Waals surface area (Å²) in [5.74, 6) is -1.22. The Hall–Kier alpha value is -3.79. The van der Waals surface area contributed by atoms with E-state index in [9.17, 15) is 23.1 Å². The number of nitrogens with zero attached hydrogens (tertiary/aromatic N) is 5. The maximum absolute atomic E-state index is 14.8. The van der Waals surface area contributed by atoms with Crippen LogP contribution in [0.5, 0.6) is 0 Å². The summed E-state index contributed by atoms with van der Waals surface area (Å²) >= 11 is 0. The molecule has 1 atom stereocenters. The highest BCUT2D eigenvalue weighted by Crippen LogP contribution is 2.60. The fraction of sp³-hybridized carbons (Fsp3) is 0.217. The number of anilines is 2. The number of aryl methyl sites for hydroxylation is 1. The van der Waals surface area contributed by atoms with Crippen LogP contribution in [0.1, 0.15) is 35.7 Å². The van der Waals surface area contributed by atoms with Crippen LogP contribution in [0.15, 0.2) is 47.3 Å². The number of nitrogen functional groups attached to an aromatic ring is 1. The Labute approximate surface area is 202 Å². The van der Waals surface area contributed by atoms with E-state index in [0.29, 0.717) is 28.9 Å². The van der Waals surface area contributed by atoms with Gasteiger partial charge in [-0.25, -0.2) is 13.8 Å². The molecule has 0 amide bonds. The number of benzene rings is 1. The van der Waals surface area contributed by atoms with Gasteiger partial charge in [-0.2, -0.15) is 10.2 Å². The van der Waals surface area contributed by atoms with Crippen molar-refractivity contribution in [1.29, 1.82) is 5.26 Å². The number of nitriles is 1. The smallest absolute Gasteiger partial charge is 0.222 e. The first-order valence-corrected chi connectivity index (χ1v) is 12.1. The van der Waals surface area contributed by atoms with E-state index in [1.807, 2.05) is 6.92 Å². The average molecular weight is 500 g/mol. The van der Waals surface area contributed by atoms with Gasteiger partial charge in [0.1, 0.15) is 34.0 Å². The molecule has 182 valence electrons. The number of rotatable bonds is 6. The lowest BCUT2D eigenvalue weighted by molar-refractivity contribution is 0.364. The van der Waals surface area contributed by atoms with Gasteiger partial charge in [-0.3, -0.25) is 18.4 Å². The zero-order valence-corrected chi connectivity index (χ0v) is 19.7. The molecule has 2 aromatic heterocycles. The van der Waals surface area contributed by atoms with Crippen molar-refractivity contribution in [2.45, 2.75) is 37.8 Å². The predicted molar refractivity (Wildman–Crippen MR) is 129 cm³/mol. The minimum atomic E-state index is -3.88. The molecule has 3 aromatic rings. The number of hydrogen-bond donors (Lipinski definition) is 4. The highest BCUT2D eigenvalue weighted by Gasteiger charge is 2.38. The molecular formula is C23H23F2N7O2S. The summed E-state index contributed by atoms with van der Waals surface area (Å²) in [6.45, 7) is 3.30. The lowest BCUT2D eigenvalue weighted by Crippen LogP contribution is -2.38. The number of nitrogens with two attached hydrogens (primary N) is 1. The number of fused-ring (bicyclic) bond motifs is 1. The molecule has 0 spiro atoms. The quantitative estimate of drug-likeness (QED) is 0.380. The molecule has 0 saturated carbocycles. The molecule has 9 nitrogen and oxygen atoms in total. The Morgan fingerprint density at radius 3 is 2.71 bits per heavy atom. The lowest BCUT2D eigenvalue weighted by atomic mass is 10.1. The molecule has 0 radical (unpaired) electrons. The third-order valence-corrected chi connectivity index (χ3v) is 7.49. The van der Waals surface area contributed by atoms with Gasteiger partial charge in [0.2, 0.25) is 5.95 Å². The van der Waals surface area contributed by atoms with E-state index in [4.69, 9.17) is 5.73 Å². The zero-order valence-electron chi connectivity index (χ0n) is 18.9. The molecule has 5 N–H and O–H groups in total. The Bertz CT molecular complexity index is 1360. The third-order valence-electron chi connectivity index (χ3n) is 5.55. The van der Waals surface area contributed by atoms with E-state index in [-0.39, 0.29) is 28.8 Å². The summed E-state index contributed by atoms with van der Waals surface area (Å²) in [6, 6.07) is 6.85. The number of nitrogens with one attached hydrogen (secondary N) is 1. The first-order valence-electron chi connectivity index (χ1n) is 10.6. The number of hydrogen-bond acceptors (Lipinski definition) is 9. The molecule has 0 saturated heterocycles. The van der Waals surface area contributed by atoms with Crippen LogP contribution in [0.4, 0.5) is 20.5 Å². The topological polar surface area (TPSA) is 144 Å². The van der Waals surface area contributed by atoms with Crippen molar-refractivity contribution in [2.75, 3.05) is 11.1 Å². The van der Waals surface area contributed by atoms with Crippen molar-refractivity contribution >= 4 is 28.6 Å². The van der Waals surface area contributed by atoms with Gasteiger partial charge in [0, 0.05) is 11.8 Å². The molecule has 0 aliphatic carbocycles. The number of pyridine rings is 1.